The van der Waals surface area contributed by atoms with Crippen LogP contribution in [-0.4, -0.2) is 41.6 Å². The summed E-state index contributed by atoms with van der Waals surface area (Å²) in [7, 11) is 0. The lowest BCUT2D eigenvalue weighted by Crippen LogP contribution is -2.44. The van der Waals surface area contributed by atoms with Gasteiger partial charge in [-0.05, 0) is 17.8 Å². The first kappa shape index (κ1) is 17.5. The number of carbonyl (C=O) groups excluding carboxylic acids is 1. The molecule has 0 aliphatic carbocycles. The van der Waals surface area contributed by atoms with E-state index in [4.69, 9.17) is 5.11 Å². The maximum Gasteiger partial charge on any atom is 0.317 e. The van der Waals surface area contributed by atoms with Crippen LogP contribution in [0, 0.1) is 11.3 Å². The van der Waals surface area contributed by atoms with Crippen LogP contribution in [0.5, 0.6) is 0 Å². The molecule has 5 nitrogen and oxygen atoms in total. The molecule has 1 aliphatic heterocycles. The van der Waals surface area contributed by atoms with Crippen LogP contribution in [-0.2, 0) is 4.79 Å². The number of amides is 2. The molecule has 1 rings (SSSR count). The molecule has 0 bridgehead atoms. The molecule has 5 heteroatoms. The highest BCUT2D eigenvalue weighted by atomic mass is 16.4. The van der Waals surface area contributed by atoms with Gasteiger partial charge in [0.1, 0.15) is 0 Å². The van der Waals surface area contributed by atoms with Gasteiger partial charge in [-0.2, -0.15) is 0 Å². The van der Waals surface area contributed by atoms with Crippen LogP contribution >= 0.6 is 0 Å². The Labute approximate surface area is 127 Å². The Morgan fingerprint density at radius 3 is 2.52 bits per heavy atom. The zero-order valence-electron chi connectivity index (χ0n) is 13.6. The number of carbonyl (C=O) groups is 2. The summed E-state index contributed by atoms with van der Waals surface area (Å²) in [6, 6.07) is -0.0944. The molecule has 1 atom stereocenters. The van der Waals surface area contributed by atoms with Crippen molar-refractivity contribution in [2.75, 3.05) is 19.6 Å². The van der Waals surface area contributed by atoms with Crippen LogP contribution in [0.15, 0.2) is 11.6 Å². The molecule has 0 radical (unpaired) electrons. The molecule has 0 spiro atoms. The average molecular weight is 296 g/mol. The van der Waals surface area contributed by atoms with Gasteiger partial charge in [0.2, 0.25) is 0 Å². The first-order valence-electron chi connectivity index (χ1n) is 7.68. The van der Waals surface area contributed by atoms with E-state index in [0.29, 0.717) is 13.1 Å². The number of carboxylic acids is 1. The molecule has 1 unspecified atom stereocenters. The number of aliphatic carboxylic acids is 1. The molecule has 0 fully saturated rings. The molecule has 0 aromatic rings. The maximum absolute atomic E-state index is 12.1. The highest BCUT2D eigenvalue weighted by Gasteiger charge is 2.23. The third-order valence-electron chi connectivity index (χ3n) is 4.04. The molecule has 2 N–H and O–H groups in total. The molecule has 21 heavy (non-hydrogen) atoms. The highest BCUT2D eigenvalue weighted by molar-refractivity contribution is 5.74. The molecule has 0 saturated heterocycles. The monoisotopic (exact) mass is 296 g/mol. The summed E-state index contributed by atoms with van der Waals surface area (Å²) in [5.41, 5.74) is 1.56. The number of nitrogens with zero attached hydrogens (tertiary/aromatic N) is 1. The lowest BCUT2D eigenvalue weighted by molar-refractivity contribution is -0.138. The van der Waals surface area contributed by atoms with Gasteiger partial charge >= 0.3 is 12.0 Å². The van der Waals surface area contributed by atoms with Gasteiger partial charge in [-0.15, -0.1) is 0 Å². The maximum atomic E-state index is 12.1. The Morgan fingerprint density at radius 1 is 1.43 bits per heavy atom. The van der Waals surface area contributed by atoms with E-state index in [1.807, 2.05) is 6.92 Å². The summed E-state index contributed by atoms with van der Waals surface area (Å²) in [4.78, 5) is 24.6. The fourth-order valence-electron chi connectivity index (χ4n) is 2.49. The Hall–Kier alpha value is -1.52. The number of hydrogen-bond donors (Lipinski definition) is 2. The minimum Gasteiger partial charge on any atom is -0.481 e. The average Bonchev–Trinajstić information content (AvgIpc) is 2.41. The van der Waals surface area contributed by atoms with Crippen molar-refractivity contribution in [2.45, 2.75) is 47.0 Å². The van der Waals surface area contributed by atoms with Gasteiger partial charge in [-0.1, -0.05) is 45.8 Å². The summed E-state index contributed by atoms with van der Waals surface area (Å²) in [6.45, 7) is 10.3. The minimum absolute atomic E-state index is 0.00285. The second-order valence-corrected chi connectivity index (χ2v) is 6.73. The third-order valence-corrected chi connectivity index (χ3v) is 4.04. The number of carboxylic acid groups (broad SMARTS) is 1. The number of rotatable bonds is 5. The molecule has 1 aliphatic rings. The van der Waals surface area contributed by atoms with Crippen LogP contribution in [0.3, 0.4) is 0 Å². The normalized spacial score (nSPS) is 17.1. The third kappa shape index (κ3) is 5.78. The summed E-state index contributed by atoms with van der Waals surface area (Å²) in [6.07, 6.45) is 3.90. The van der Waals surface area contributed by atoms with E-state index in [0.717, 1.165) is 19.4 Å². The van der Waals surface area contributed by atoms with Gasteiger partial charge in [0.15, 0.2) is 0 Å². The molecule has 0 aromatic carbocycles. The van der Waals surface area contributed by atoms with Gasteiger partial charge in [0.25, 0.3) is 0 Å². The summed E-state index contributed by atoms with van der Waals surface area (Å²) < 4.78 is 0. The zero-order valence-corrected chi connectivity index (χ0v) is 13.6. The van der Waals surface area contributed by atoms with Gasteiger partial charge in [0.05, 0.1) is 0 Å². The van der Waals surface area contributed by atoms with Crippen molar-refractivity contribution in [3.8, 4) is 0 Å². The van der Waals surface area contributed by atoms with Gasteiger partial charge in [0, 0.05) is 26.1 Å². The number of urea groups is 1. The van der Waals surface area contributed by atoms with E-state index in [-0.39, 0.29) is 23.8 Å². The summed E-state index contributed by atoms with van der Waals surface area (Å²) in [5.74, 6) is -0.816. The Morgan fingerprint density at radius 2 is 2.10 bits per heavy atom. The quantitative estimate of drug-likeness (QED) is 0.766. The largest absolute Gasteiger partial charge is 0.481 e. The summed E-state index contributed by atoms with van der Waals surface area (Å²) in [5, 5.41) is 11.7. The highest BCUT2D eigenvalue weighted by Crippen LogP contribution is 2.29. The lowest BCUT2D eigenvalue weighted by atomic mass is 9.83. The summed E-state index contributed by atoms with van der Waals surface area (Å²) >= 11 is 0. The fourth-order valence-corrected chi connectivity index (χ4v) is 2.49. The minimum atomic E-state index is -0.813. The second kappa shape index (κ2) is 7.48. The second-order valence-electron chi connectivity index (χ2n) is 6.73. The molecule has 120 valence electrons. The van der Waals surface area contributed by atoms with E-state index in [2.05, 4.69) is 32.2 Å². The van der Waals surface area contributed by atoms with Crippen LogP contribution in [0.1, 0.15) is 47.0 Å². The standard InChI is InChI=1S/C16H28N2O3/c1-5-12(10-14(19)20)11-17-15(21)18-8-6-13(7-9-18)16(2,3)4/h6,12H,5,7-11H2,1-4H3,(H,17,21)(H,19,20). The van der Waals surface area contributed by atoms with Crippen molar-refractivity contribution < 1.29 is 14.7 Å². The van der Waals surface area contributed by atoms with Crippen molar-refractivity contribution in [1.82, 2.24) is 10.2 Å². The van der Waals surface area contributed by atoms with Crippen molar-refractivity contribution in [3.05, 3.63) is 11.6 Å². The van der Waals surface area contributed by atoms with Crippen molar-refractivity contribution in [1.29, 1.82) is 0 Å². The SMILES string of the molecule is CCC(CNC(=O)N1CC=C(C(C)(C)C)CC1)CC(=O)O. The van der Waals surface area contributed by atoms with E-state index >= 15 is 0 Å². The Bertz CT molecular complexity index is 410. The van der Waals surface area contributed by atoms with Gasteiger partial charge in [-0.25, -0.2) is 4.79 Å². The number of nitrogens with one attached hydrogen (secondary N) is 1. The Balaban J connectivity index is 2.44. The molecule has 0 saturated carbocycles. The smallest absolute Gasteiger partial charge is 0.317 e. The fraction of sp³-hybridized carbons (Fsp3) is 0.750. The van der Waals surface area contributed by atoms with Crippen LogP contribution in [0.4, 0.5) is 4.79 Å². The lowest BCUT2D eigenvalue weighted by Gasteiger charge is -2.32. The van der Waals surface area contributed by atoms with E-state index in [9.17, 15) is 9.59 Å². The zero-order chi connectivity index (χ0) is 16.0. The first-order valence-corrected chi connectivity index (χ1v) is 7.68. The molecule has 2 amide bonds. The molecular formula is C16H28N2O3. The first-order chi connectivity index (χ1) is 9.74. The predicted molar refractivity (Wildman–Crippen MR) is 83.2 cm³/mol. The van der Waals surface area contributed by atoms with E-state index < -0.39 is 5.97 Å². The van der Waals surface area contributed by atoms with Crippen molar-refractivity contribution >= 4 is 12.0 Å². The van der Waals surface area contributed by atoms with Crippen LogP contribution < -0.4 is 5.32 Å². The van der Waals surface area contributed by atoms with Crippen LogP contribution in [0.2, 0.25) is 0 Å². The topological polar surface area (TPSA) is 69.6 Å². The predicted octanol–water partition coefficient (Wildman–Crippen LogP) is 2.88. The van der Waals surface area contributed by atoms with Crippen molar-refractivity contribution in [2.24, 2.45) is 11.3 Å². The number of hydrogen-bond acceptors (Lipinski definition) is 2. The molecule has 0 aromatic heterocycles. The molecule has 1 heterocycles. The Kier molecular flexibility index (Phi) is 6.24. The van der Waals surface area contributed by atoms with E-state index in [1.54, 1.807) is 4.90 Å². The van der Waals surface area contributed by atoms with Gasteiger partial charge in [-0.3, -0.25) is 4.79 Å². The van der Waals surface area contributed by atoms with Gasteiger partial charge < -0.3 is 15.3 Å². The van der Waals surface area contributed by atoms with Crippen LogP contribution in [0.25, 0.3) is 0 Å². The molecular weight excluding hydrogens is 268 g/mol. The van der Waals surface area contributed by atoms with E-state index in [1.165, 1.54) is 5.57 Å². The van der Waals surface area contributed by atoms with Crippen molar-refractivity contribution in [3.63, 3.8) is 0 Å².